The highest BCUT2D eigenvalue weighted by molar-refractivity contribution is 4.92. The van der Waals surface area contributed by atoms with Crippen molar-refractivity contribution in [1.29, 1.82) is 0 Å². The average Bonchev–Trinajstić information content (AvgIpc) is 2.99. The second-order valence-corrected chi connectivity index (χ2v) is 5.86. The SMILES string of the molecule is C(CC1CNC1)NCC(C1CC1)C1CC1. The zero-order valence-corrected chi connectivity index (χ0v) is 9.67. The lowest BCUT2D eigenvalue weighted by molar-refractivity contribution is 0.311. The van der Waals surface area contributed by atoms with Crippen LogP contribution < -0.4 is 10.6 Å². The molecule has 0 bridgehead atoms. The summed E-state index contributed by atoms with van der Waals surface area (Å²) in [7, 11) is 0. The van der Waals surface area contributed by atoms with E-state index in [4.69, 9.17) is 0 Å². The molecule has 0 aromatic heterocycles. The predicted molar refractivity (Wildman–Crippen MR) is 62.8 cm³/mol. The highest BCUT2D eigenvalue weighted by atomic mass is 15.0. The normalized spacial score (nSPS) is 27.0. The minimum Gasteiger partial charge on any atom is -0.316 e. The van der Waals surface area contributed by atoms with Crippen LogP contribution in [0, 0.1) is 23.7 Å². The van der Waals surface area contributed by atoms with Crippen LogP contribution in [-0.2, 0) is 0 Å². The van der Waals surface area contributed by atoms with Gasteiger partial charge in [-0.1, -0.05) is 0 Å². The largest absolute Gasteiger partial charge is 0.316 e. The third-order valence-corrected chi connectivity index (χ3v) is 4.43. The fourth-order valence-electron chi connectivity index (χ4n) is 2.89. The molecule has 3 aliphatic rings. The summed E-state index contributed by atoms with van der Waals surface area (Å²) < 4.78 is 0. The molecule has 0 atom stereocenters. The van der Waals surface area contributed by atoms with E-state index >= 15 is 0 Å². The molecule has 86 valence electrons. The Bertz CT molecular complexity index is 193. The van der Waals surface area contributed by atoms with E-state index < -0.39 is 0 Å². The Labute approximate surface area is 93.2 Å². The number of nitrogens with one attached hydrogen (secondary N) is 2. The summed E-state index contributed by atoms with van der Waals surface area (Å²) in [6.07, 6.45) is 7.48. The van der Waals surface area contributed by atoms with Crippen LogP contribution in [0.25, 0.3) is 0 Å². The van der Waals surface area contributed by atoms with Gasteiger partial charge in [-0.25, -0.2) is 0 Å². The number of hydrogen-bond acceptors (Lipinski definition) is 2. The maximum atomic E-state index is 3.70. The molecule has 1 aliphatic heterocycles. The summed E-state index contributed by atoms with van der Waals surface area (Å²) in [4.78, 5) is 0. The Morgan fingerprint density at radius 2 is 1.73 bits per heavy atom. The Hall–Kier alpha value is -0.0800. The zero-order valence-electron chi connectivity index (χ0n) is 9.67. The number of hydrogen-bond donors (Lipinski definition) is 2. The summed E-state index contributed by atoms with van der Waals surface area (Å²) in [5.74, 6) is 4.23. The van der Waals surface area contributed by atoms with Crippen LogP contribution in [0.2, 0.25) is 0 Å². The summed E-state index contributed by atoms with van der Waals surface area (Å²) >= 11 is 0. The second-order valence-electron chi connectivity index (χ2n) is 5.86. The van der Waals surface area contributed by atoms with E-state index in [9.17, 15) is 0 Å². The first-order valence-corrected chi connectivity index (χ1v) is 6.85. The highest BCUT2D eigenvalue weighted by Crippen LogP contribution is 2.48. The molecular weight excluding hydrogens is 184 g/mol. The fraction of sp³-hybridized carbons (Fsp3) is 1.00. The molecule has 15 heavy (non-hydrogen) atoms. The fourth-order valence-corrected chi connectivity index (χ4v) is 2.89. The highest BCUT2D eigenvalue weighted by Gasteiger charge is 2.40. The van der Waals surface area contributed by atoms with Crippen molar-refractivity contribution < 1.29 is 0 Å². The van der Waals surface area contributed by atoms with Crippen molar-refractivity contribution in [1.82, 2.24) is 10.6 Å². The van der Waals surface area contributed by atoms with E-state index in [0.717, 1.165) is 23.7 Å². The van der Waals surface area contributed by atoms with Gasteiger partial charge in [0.25, 0.3) is 0 Å². The van der Waals surface area contributed by atoms with Gasteiger partial charge >= 0.3 is 0 Å². The molecule has 3 fully saturated rings. The quantitative estimate of drug-likeness (QED) is 0.621. The van der Waals surface area contributed by atoms with Crippen LogP contribution in [0.4, 0.5) is 0 Å². The van der Waals surface area contributed by atoms with Gasteiger partial charge in [-0.15, -0.1) is 0 Å². The van der Waals surface area contributed by atoms with Crippen molar-refractivity contribution in [2.75, 3.05) is 26.2 Å². The smallest absolute Gasteiger partial charge is 0.000778 e. The maximum Gasteiger partial charge on any atom is -0.000778 e. The van der Waals surface area contributed by atoms with E-state index in [1.54, 1.807) is 0 Å². The van der Waals surface area contributed by atoms with Gasteiger partial charge in [-0.3, -0.25) is 0 Å². The molecule has 0 spiro atoms. The Balaban J connectivity index is 1.29. The molecule has 0 radical (unpaired) electrons. The van der Waals surface area contributed by atoms with Gasteiger partial charge in [0.2, 0.25) is 0 Å². The summed E-state index contributed by atoms with van der Waals surface area (Å²) in [5.41, 5.74) is 0. The van der Waals surface area contributed by atoms with Crippen LogP contribution >= 0.6 is 0 Å². The standard InChI is InChI=1S/C13H24N2/c1-2-11(1)13(12-3-4-12)9-14-6-5-10-7-15-8-10/h10-15H,1-9H2. The van der Waals surface area contributed by atoms with Crippen molar-refractivity contribution in [3.05, 3.63) is 0 Å². The van der Waals surface area contributed by atoms with Crippen molar-refractivity contribution in [3.8, 4) is 0 Å². The van der Waals surface area contributed by atoms with Gasteiger partial charge in [0.1, 0.15) is 0 Å². The van der Waals surface area contributed by atoms with Crippen LogP contribution in [0.5, 0.6) is 0 Å². The van der Waals surface area contributed by atoms with Gasteiger partial charge in [0, 0.05) is 0 Å². The van der Waals surface area contributed by atoms with Gasteiger partial charge in [-0.05, 0) is 82.0 Å². The van der Waals surface area contributed by atoms with Gasteiger partial charge in [-0.2, -0.15) is 0 Å². The van der Waals surface area contributed by atoms with Crippen LogP contribution in [0.1, 0.15) is 32.1 Å². The van der Waals surface area contributed by atoms with Crippen molar-refractivity contribution >= 4 is 0 Å². The molecule has 0 unspecified atom stereocenters. The molecule has 2 N–H and O–H groups in total. The molecule has 2 aliphatic carbocycles. The molecule has 2 saturated carbocycles. The monoisotopic (exact) mass is 208 g/mol. The van der Waals surface area contributed by atoms with E-state index in [2.05, 4.69) is 10.6 Å². The first kappa shape index (κ1) is 10.1. The van der Waals surface area contributed by atoms with Gasteiger partial charge < -0.3 is 10.6 Å². The molecule has 0 aromatic carbocycles. The molecule has 0 aromatic rings. The molecule has 1 saturated heterocycles. The third-order valence-electron chi connectivity index (χ3n) is 4.43. The Morgan fingerprint density at radius 1 is 1.07 bits per heavy atom. The molecule has 1 heterocycles. The van der Waals surface area contributed by atoms with Gasteiger partial charge in [0.15, 0.2) is 0 Å². The van der Waals surface area contributed by atoms with Crippen LogP contribution in [-0.4, -0.2) is 26.2 Å². The van der Waals surface area contributed by atoms with Crippen molar-refractivity contribution in [2.45, 2.75) is 32.1 Å². The van der Waals surface area contributed by atoms with Gasteiger partial charge in [0.05, 0.1) is 0 Å². The van der Waals surface area contributed by atoms with E-state index in [1.165, 1.54) is 58.3 Å². The molecule has 0 amide bonds. The molecule has 2 nitrogen and oxygen atoms in total. The topological polar surface area (TPSA) is 24.1 Å². The minimum absolute atomic E-state index is 0.970. The van der Waals surface area contributed by atoms with Crippen molar-refractivity contribution in [2.24, 2.45) is 23.7 Å². The average molecular weight is 208 g/mol. The lowest BCUT2D eigenvalue weighted by Crippen LogP contribution is -2.43. The first-order chi connectivity index (χ1) is 7.43. The lowest BCUT2D eigenvalue weighted by Gasteiger charge is -2.27. The first-order valence-electron chi connectivity index (χ1n) is 6.85. The third kappa shape index (κ3) is 2.73. The van der Waals surface area contributed by atoms with Crippen LogP contribution in [0.3, 0.4) is 0 Å². The minimum atomic E-state index is 0.970. The van der Waals surface area contributed by atoms with E-state index in [0.29, 0.717) is 0 Å². The lowest BCUT2D eigenvalue weighted by atomic mass is 9.97. The number of rotatable bonds is 7. The van der Waals surface area contributed by atoms with Crippen molar-refractivity contribution in [3.63, 3.8) is 0 Å². The van der Waals surface area contributed by atoms with E-state index in [1.807, 2.05) is 0 Å². The Morgan fingerprint density at radius 3 is 2.20 bits per heavy atom. The summed E-state index contributed by atoms with van der Waals surface area (Å²) in [6.45, 7) is 5.09. The second kappa shape index (κ2) is 4.42. The van der Waals surface area contributed by atoms with Crippen LogP contribution in [0.15, 0.2) is 0 Å². The zero-order chi connectivity index (χ0) is 10.1. The molecular formula is C13H24N2. The summed E-state index contributed by atoms with van der Waals surface area (Å²) in [6, 6.07) is 0. The molecule has 2 heteroatoms. The maximum absolute atomic E-state index is 3.70. The predicted octanol–water partition coefficient (Wildman–Crippen LogP) is 1.62. The Kier molecular flexibility index (Phi) is 2.98. The van der Waals surface area contributed by atoms with E-state index in [-0.39, 0.29) is 0 Å². The molecule has 3 rings (SSSR count). The summed E-state index contributed by atoms with van der Waals surface area (Å²) in [5, 5.41) is 7.04.